The van der Waals surface area contributed by atoms with Gasteiger partial charge in [-0.05, 0) is 162 Å². The molecule has 1 fully saturated rings. The summed E-state index contributed by atoms with van der Waals surface area (Å²) in [5, 5.41) is 52.5. The number of H-pyrrole nitrogens is 1. The molecule has 12 rings (SSSR count). The van der Waals surface area contributed by atoms with Crippen LogP contribution in [0.2, 0.25) is 0 Å². The number of nitrogens with two attached hydrogens (primary N) is 4. The second-order valence-corrected chi connectivity index (χ2v) is 21.4. The van der Waals surface area contributed by atoms with Crippen molar-refractivity contribution >= 4 is 63.8 Å². The second kappa shape index (κ2) is 33.3. The van der Waals surface area contributed by atoms with Gasteiger partial charge < -0.3 is 42.4 Å². The molecule has 11 aromatic rings. The van der Waals surface area contributed by atoms with Crippen LogP contribution in [0.15, 0.2) is 180 Å². The van der Waals surface area contributed by atoms with Crippen LogP contribution in [-0.4, -0.2) is 105 Å². The highest BCUT2D eigenvalue weighted by Crippen LogP contribution is 2.26. The van der Waals surface area contributed by atoms with Crippen LogP contribution in [0, 0.1) is 63.1 Å². The number of anilines is 3. The van der Waals surface area contributed by atoms with E-state index in [9.17, 15) is 46.2 Å². The number of allylic oxidation sites excluding steroid dienone is 2. The van der Waals surface area contributed by atoms with Crippen LogP contribution in [0.5, 0.6) is 0 Å². The van der Waals surface area contributed by atoms with E-state index in [1.165, 1.54) is 140 Å². The molecule has 500 valence electrons. The number of hydrazine groups is 1. The highest BCUT2D eigenvalue weighted by Gasteiger charge is 2.36. The van der Waals surface area contributed by atoms with Crippen LogP contribution in [0.4, 0.5) is 44.1 Å². The molecule has 1 aliphatic rings. The molecular formula is C64H61ClF5N21O6. The largest absolute Gasteiger partial charge is 0.444 e. The third-order valence-corrected chi connectivity index (χ3v) is 13.6. The molecule has 0 radical (unpaired) electrons. The zero-order valence-corrected chi connectivity index (χ0v) is 52.7. The number of nitriles is 3. The lowest BCUT2D eigenvalue weighted by Gasteiger charge is -2.38. The van der Waals surface area contributed by atoms with Gasteiger partial charge in [0.15, 0.2) is 11.3 Å². The average Bonchev–Trinajstić information content (AvgIpc) is 1.70. The third-order valence-electron chi connectivity index (χ3n) is 13.6. The fourth-order valence-electron chi connectivity index (χ4n) is 8.64. The summed E-state index contributed by atoms with van der Waals surface area (Å²) in [7, 11) is 0. The van der Waals surface area contributed by atoms with Crippen LogP contribution in [0.25, 0.3) is 44.8 Å². The number of nitrogen functional groups attached to an aromatic ring is 3. The number of halogens is 6. The van der Waals surface area contributed by atoms with Gasteiger partial charge in [0.1, 0.15) is 98.3 Å². The smallest absolute Gasteiger partial charge is 0.410 e. The number of aromatic nitrogens is 12. The molecule has 0 aliphatic carbocycles. The molecule has 97 heavy (non-hydrogen) atoms. The summed E-state index contributed by atoms with van der Waals surface area (Å²) in [4.78, 5) is 60.1. The summed E-state index contributed by atoms with van der Waals surface area (Å²) >= 11 is 0. The van der Waals surface area contributed by atoms with Crippen LogP contribution in [0.1, 0.15) is 56.5 Å². The van der Waals surface area contributed by atoms with Crippen molar-refractivity contribution in [3.05, 3.63) is 231 Å². The molecule has 27 nitrogen and oxygen atoms in total. The van der Waals surface area contributed by atoms with Gasteiger partial charge in [-0.15, -0.1) is 12.4 Å². The van der Waals surface area contributed by atoms with E-state index in [0.717, 1.165) is 0 Å². The summed E-state index contributed by atoms with van der Waals surface area (Å²) in [6, 6.07) is 33.9. The van der Waals surface area contributed by atoms with E-state index >= 15 is 0 Å². The number of nitrogens with one attached hydrogen (secondary N) is 2. The normalized spacial score (nSPS) is 11.8. The Balaban J connectivity index is 0.000000197. The number of hydrogen-bond donors (Lipinski definition) is 7. The Hall–Kier alpha value is -12.6. The summed E-state index contributed by atoms with van der Waals surface area (Å²) in [5.41, 5.74) is 21.1. The van der Waals surface area contributed by atoms with Gasteiger partial charge in [-0.25, -0.2) is 55.4 Å². The first-order valence-electron chi connectivity index (χ1n) is 28.4. The first-order valence-corrected chi connectivity index (χ1v) is 28.4. The summed E-state index contributed by atoms with van der Waals surface area (Å²) in [6.45, 7) is 7.79. The van der Waals surface area contributed by atoms with Crippen LogP contribution < -0.4 is 39.6 Å². The quantitative estimate of drug-likeness (QED) is 0.0325. The summed E-state index contributed by atoms with van der Waals surface area (Å²) in [6.07, 6.45) is 9.88. The van der Waals surface area contributed by atoms with Gasteiger partial charge in [0.2, 0.25) is 0 Å². The molecule has 0 saturated carbocycles. The van der Waals surface area contributed by atoms with Gasteiger partial charge in [0.25, 0.3) is 17.0 Å². The molecule has 0 atom stereocenters. The third kappa shape index (κ3) is 19.5. The van der Waals surface area contributed by atoms with Crippen molar-refractivity contribution in [3.8, 4) is 41.0 Å². The highest BCUT2D eigenvalue weighted by molar-refractivity contribution is 5.97. The number of ether oxygens (including phenoxy) is 1. The summed E-state index contributed by atoms with van der Waals surface area (Å²) < 4.78 is 75.9. The van der Waals surface area contributed by atoms with Crippen molar-refractivity contribution in [1.82, 2.24) is 63.5 Å². The van der Waals surface area contributed by atoms with Gasteiger partial charge in [-0.1, -0.05) is 6.08 Å². The predicted octanol–water partition coefficient (Wildman–Crippen LogP) is 8.40. The number of nitrogens with zero attached hydrogens (tertiary/aromatic N) is 15. The van der Waals surface area contributed by atoms with Crippen LogP contribution >= 0.6 is 12.4 Å². The Bertz CT molecular complexity index is 4750. The topological polar surface area (TPSA) is 406 Å². The first-order chi connectivity index (χ1) is 45.8. The molecule has 0 bridgehead atoms. The number of piperidine rings is 1. The van der Waals surface area contributed by atoms with E-state index in [1.54, 1.807) is 93.3 Å². The second-order valence-electron chi connectivity index (χ2n) is 21.4. The first kappa shape index (κ1) is 73.5. The molecule has 0 spiro atoms. The van der Waals surface area contributed by atoms with Crippen molar-refractivity contribution in [3.63, 3.8) is 0 Å². The molecule has 6 aromatic heterocycles. The van der Waals surface area contributed by atoms with Crippen molar-refractivity contribution in [2.75, 3.05) is 30.0 Å². The lowest BCUT2D eigenvalue weighted by molar-refractivity contribution is -0.0420. The number of carbonyl (C=O) groups is 2. The van der Waals surface area contributed by atoms with E-state index < -0.39 is 23.2 Å². The molecule has 0 unspecified atom stereocenters. The Morgan fingerprint density at radius 1 is 0.660 bits per heavy atom. The minimum absolute atomic E-state index is 0. The van der Waals surface area contributed by atoms with E-state index in [-0.39, 0.29) is 81.9 Å². The van der Waals surface area contributed by atoms with Gasteiger partial charge in [0.05, 0.1) is 66.0 Å². The lowest BCUT2D eigenvalue weighted by Crippen LogP contribution is -2.50. The number of fused-ring (bicyclic) bond motifs is 2. The fraction of sp³-hybridized carbons (Fsp3) is 0.172. The summed E-state index contributed by atoms with van der Waals surface area (Å²) in [5.74, 6) is 3.14. The zero-order chi connectivity index (χ0) is 69.9. The number of amides is 2. The zero-order valence-electron chi connectivity index (χ0n) is 51.9. The fourth-order valence-corrected chi connectivity index (χ4v) is 8.64. The standard InChI is InChI=1S/C22H26FN5O4.C11H7FN4O.C10H9FN4O.C10H7FN4.C6H7FN2.C5H4N2.ClH/c1-21(2,3)32-20(30)26-10-8-22(31,9-11-26)13-27-14-24-18-17(19(27)29)12-25-28(18)16-6-4-15(23)5-7-16;12-7-1-3-8(4-2-7)16-10-9(5-15-16)11(17)14-6-13-10;11-6-1-3-7(4-2-6)15-9(12)8(5-14-15)10(13)16;11-8-1-3-9(4-2-8)15-10(13)7(5-12)6-14-15;7-5-1-3-6(9-8)4-2-5;1-2-5(3-6)4-7;/h4-7,12,14,31H,8-11,13H2,1-3H3;1-6H,(H,13,14,17);1-5H,12H2,(H2,13,16);1-4,6H,13H2;1-4,9H,8H2;2H,1H3;1H. The number of rotatable bonds is 8. The molecule has 1 aliphatic heterocycles. The number of primary amides is 1. The predicted molar refractivity (Wildman–Crippen MR) is 350 cm³/mol. The molecule has 33 heteroatoms. The van der Waals surface area contributed by atoms with Crippen molar-refractivity contribution in [2.45, 2.75) is 58.3 Å². The van der Waals surface area contributed by atoms with Gasteiger partial charge >= 0.3 is 6.09 Å². The Kier molecular flexibility index (Phi) is 25.2. The number of likely N-dealkylation sites (tertiary alicyclic amines) is 1. The average molecular weight is 1350 g/mol. The molecule has 7 heterocycles. The molecule has 5 aromatic carbocycles. The highest BCUT2D eigenvalue weighted by atomic mass is 35.5. The molecule has 1 saturated heterocycles. The van der Waals surface area contributed by atoms with E-state index in [2.05, 4.69) is 40.8 Å². The molecular weight excluding hydrogens is 1290 g/mol. The number of benzene rings is 5. The van der Waals surface area contributed by atoms with E-state index in [0.29, 0.717) is 82.0 Å². The molecule has 11 N–H and O–H groups in total. The van der Waals surface area contributed by atoms with E-state index in [4.69, 9.17) is 43.6 Å². The maximum atomic E-state index is 13.2. The van der Waals surface area contributed by atoms with Gasteiger partial charge in [-0.2, -0.15) is 36.2 Å². The molecule has 2 amide bonds. The monoisotopic (exact) mass is 1350 g/mol. The van der Waals surface area contributed by atoms with Gasteiger partial charge in [-0.3, -0.25) is 24.8 Å². The van der Waals surface area contributed by atoms with Gasteiger partial charge in [0, 0.05) is 18.8 Å². The Morgan fingerprint density at radius 3 is 1.48 bits per heavy atom. The minimum Gasteiger partial charge on any atom is -0.444 e. The van der Waals surface area contributed by atoms with Crippen molar-refractivity contribution in [1.29, 1.82) is 15.8 Å². The van der Waals surface area contributed by atoms with E-state index in [1.807, 2.05) is 6.07 Å². The van der Waals surface area contributed by atoms with Crippen molar-refractivity contribution < 1.29 is 41.4 Å². The maximum Gasteiger partial charge on any atom is 0.410 e. The van der Waals surface area contributed by atoms with Crippen LogP contribution in [-0.2, 0) is 11.3 Å². The van der Waals surface area contributed by atoms with Crippen LogP contribution in [0.3, 0.4) is 0 Å². The number of aliphatic hydroxyl groups is 1. The van der Waals surface area contributed by atoms with Crippen molar-refractivity contribution in [2.24, 2.45) is 11.6 Å². The minimum atomic E-state index is -1.15. The maximum absolute atomic E-state index is 13.2. The number of hydrogen-bond acceptors (Lipinski definition) is 19. The number of carbonyl (C=O) groups excluding carboxylic acids is 2. The lowest BCUT2D eigenvalue weighted by atomic mass is 9.91. The Labute approximate surface area is 554 Å². The SMILES string of the molecule is CC(C)(C)OC(=O)N1CCC(O)(Cn2cnc3c(cnn3-c3ccc(F)cc3)c2=O)CC1.CC=C(C#N)C#N.Cl.N#Cc1cnn(-c2ccc(F)cc2)c1N.NC(=O)c1cnn(-c2ccc(F)cc2)c1N.NNc1ccc(F)cc1.O=c1[nH]cnc2c1cnn2-c1ccc(F)cc1. The number of aromatic amines is 1. The Morgan fingerprint density at radius 2 is 1.08 bits per heavy atom.